The molecule has 356 valence electrons. The number of rotatable bonds is 10. The van der Waals surface area contributed by atoms with Crippen LogP contribution in [0.1, 0.15) is 90.7 Å². The second-order valence-corrected chi connectivity index (χ2v) is 20.4. The van der Waals surface area contributed by atoms with Crippen molar-refractivity contribution in [3.05, 3.63) is 90.3 Å². The maximum absolute atomic E-state index is 14.9. The van der Waals surface area contributed by atoms with E-state index in [0.717, 1.165) is 56.5 Å². The third kappa shape index (κ3) is 9.14. The first-order valence-corrected chi connectivity index (χ1v) is 23.9. The number of hydrazine groups is 1. The van der Waals surface area contributed by atoms with E-state index in [0.29, 0.717) is 32.4 Å². The molecular formula is C53H67N7O7. The number of fused-ring (bicyclic) bond motifs is 7. The number of carbonyl (C=O) groups excluding carboxylic acids is 5. The SMILES string of the molecule is C=CC(=O)N1C[C@@H](C(=O)N(C)[C@H](C(=O)N[C@H]2Cc3cccc(c3)-c3ccc4c(c3)c(c(-c3cccnc3[C@H](C)OC)n4CC)CC(C)(C)COC(=O)[C@@]3(C)CCCN(N3)C2=O)C(C)C)[C@H]2C[C@H]21. The molecule has 0 radical (unpaired) electrons. The quantitative estimate of drug-likeness (QED) is 0.132. The summed E-state index contributed by atoms with van der Waals surface area (Å²) in [6.07, 6.45) is 5.26. The smallest absolute Gasteiger partial charge is 0.327 e. The third-order valence-electron chi connectivity index (χ3n) is 14.6. The molecular weight excluding hydrogens is 847 g/mol. The van der Waals surface area contributed by atoms with Crippen molar-refractivity contribution in [1.82, 2.24) is 35.1 Å². The fourth-order valence-corrected chi connectivity index (χ4v) is 10.9. The number of ether oxygens (including phenoxy) is 2. The Bertz CT molecular complexity index is 2600. The van der Waals surface area contributed by atoms with Crippen LogP contribution in [0.15, 0.2) is 73.4 Å². The Morgan fingerprint density at radius 3 is 2.55 bits per heavy atom. The summed E-state index contributed by atoms with van der Waals surface area (Å²) in [7, 11) is 3.33. The molecule has 6 bridgehead atoms. The number of likely N-dealkylation sites (N-methyl/N-ethyl adjacent to an activating group) is 1. The van der Waals surface area contributed by atoms with Crippen molar-refractivity contribution >= 4 is 40.5 Å². The minimum Gasteiger partial charge on any atom is -0.464 e. The van der Waals surface area contributed by atoms with E-state index in [1.807, 2.05) is 39.0 Å². The number of piperidine rings is 1. The van der Waals surface area contributed by atoms with Gasteiger partial charge >= 0.3 is 5.97 Å². The fraction of sp³-hybridized carbons (Fsp3) is 0.509. The van der Waals surface area contributed by atoms with Gasteiger partial charge in [-0.15, -0.1) is 0 Å². The van der Waals surface area contributed by atoms with Gasteiger partial charge in [0, 0.05) is 74.3 Å². The molecule has 14 heteroatoms. The summed E-state index contributed by atoms with van der Waals surface area (Å²) in [5, 5.41) is 5.62. The Hall–Kier alpha value is -5.86. The molecule has 2 saturated heterocycles. The summed E-state index contributed by atoms with van der Waals surface area (Å²) in [6, 6.07) is 16.7. The molecule has 4 aliphatic rings. The average molecular weight is 914 g/mol. The molecule has 4 amide bonds. The highest BCUT2D eigenvalue weighted by molar-refractivity contribution is 5.96. The number of aromatic nitrogens is 2. The zero-order valence-corrected chi connectivity index (χ0v) is 40.6. The van der Waals surface area contributed by atoms with E-state index in [2.05, 4.69) is 79.1 Å². The highest BCUT2D eigenvalue weighted by Crippen LogP contribution is 2.49. The number of methoxy groups -OCH3 is 1. The number of esters is 1. The number of amides is 4. The number of aryl methyl sites for hydroxylation is 1. The number of pyridine rings is 1. The van der Waals surface area contributed by atoms with Crippen molar-refractivity contribution in [2.45, 2.75) is 117 Å². The molecule has 67 heavy (non-hydrogen) atoms. The lowest BCUT2D eigenvalue weighted by Gasteiger charge is -2.41. The second kappa shape index (κ2) is 18.7. The largest absolute Gasteiger partial charge is 0.464 e. The van der Waals surface area contributed by atoms with Gasteiger partial charge < -0.3 is 29.2 Å². The lowest BCUT2D eigenvalue weighted by Crippen LogP contribution is -2.66. The van der Waals surface area contributed by atoms with E-state index in [4.69, 9.17) is 14.5 Å². The van der Waals surface area contributed by atoms with Crippen LogP contribution in [0.2, 0.25) is 0 Å². The highest BCUT2D eigenvalue weighted by atomic mass is 16.5. The zero-order chi connectivity index (χ0) is 48.1. The number of hydrogen-bond donors (Lipinski definition) is 2. The molecule has 2 aromatic heterocycles. The second-order valence-electron chi connectivity index (χ2n) is 20.4. The van der Waals surface area contributed by atoms with E-state index in [1.54, 1.807) is 32.2 Å². The van der Waals surface area contributed by atoms with Gasteiger partial charge in [0.15, 0.2) is 0 Å². The van der Waals surface area contributed by atoms with E-state index < -0.39 is 46.7 Å². The highest BCUT2D eigenvalue weighted by Gasteiger charge is 2.58. The van der Waals surface area contributed by atoms with Crippen LogP contribution in [0.5, 0.6) is 0 Å². The first kappa shape index (κ1) is 47.6. The zero-order valence-electron chi connectivity index (χ0n) is 40.6. The van der Waals surface area contributed by atoms with E-state index in [-0.39, 0.29) is 55.4 Å². The Labute approximate surface area is 394 Å². The topological polar surface area (TPSA) is 155 Å². The molecule has 8 rings (SSSR count). The molecule has 1 saturated carbocycles. The molecule has 2 aromatic carbocycles. The average Bonchev–Trinajstić information content (AvgIpc) is 3.92. The molecule has 0 spiro atoms. The van der Waals surface area contributed by atoms with Gasteiger partial charge in [0.2, 0.25) is 17.7 Å². The van der Waals surface area contributed by atoms with Crippen molar-refractivity contribution < 1.29 is 33.4 Å². The van der Waals surface area contributed by atoms with Crippen LogP contribution in [0.3, 0.4) is 0 Å². The maximum Gasteiger partial charge on any atom is 0.327 e. The normalized spacial score (nSPS) is 24.6. The number of nitrogens with one attached hydrogen (secondary N) is 2. The molecule has 5 heterocycles. The van der Waals surface area contributed by atoms with Gasteiger partial charge in [-0.25, -0.2) is 10.2 Å². The van der Waals surface area contributed by atoms with Gasteiger partial charge in [0.25, 0.3) is 5.91 Å². The molecule has 4 aromatic rings. The van der Waals surface area contributed by atoms with Crippen LogP contribution in [-0.4, -0.2) is 111 Å². The molecule has 0 unspecified atom stereocenters. The van der Waals surface area contributed by atoms with Gasteiger partial charge in [-0.3, -0.25) is 29.2 Å². The Balaban J connectivity index is 1.19. The Morgan fingerprint density at radius 1 is 1.07 bits per heavy atom. The lowest BCUT2D eigenvalue weighted by atomic mass is 9.84. The number of hydrogen-bond acceptors (Lipinski definition) is 9. The van der Waals surface area contributed by atoms with Crippen molar-refractivity contribution in [3.63, 3.8) is 0 Å². The number of likely N-dealkylation sites (tertiary alicyclic amines) is 1. The van der Waals surface area contributed by atoms with Crippen LogP contribution >= 0.6 is 0 Å². The Kier molecular flexibility index (Phi) is 13.3. The standard InChI is InChI=1S/C53H67N7O7/c1-11-44(61)59-29-40(38-27-43(38)59)49(63)57(9)46(31(3)4)48(62)55-41-25-33-16-13-17-34(24-33)35-19-20-42-37(26-35)39(47(58(42)12-2)36-18-14-22-54-45(36)32(5)66-10)28-52(6,7)30-67-51(65)53(8)21-15-23-60(56-53)50(41)64/h11,13-14,16-20,22,24,26,31-32,38,40-41,43,46,56H,1,12,15,21,23,25,27-30H2,2-10H3,(H,55,62)/t32-,38+,40+,41-,43+,46-,53+/m0/s1. The van der Waals surface area contributed by atoms with Gasteiger partial charge in [-0.05, 0) is 111 Å². The van der Waals surface area contributed by atoms with Crippen molar-refractivity contribution in [2.75, 3.05) is 33.9 Å². The van der Waals surface area contributed by atoms with Crippen molar-refractivity contribution in [3.8, 4) is 22.4 Å². The van der Waals surface area contributed by atoms with Crippen LogP contribution in [0.25, 0.3) is 33.3 Å². The first-order chi connectivity index (χ1) is 31.9. The van der Waals surface area contributed by atoms with E-state index in [9.17, 15) is 24.0 Å². The first-order valence-electron chi connectivity index (χ1n) is 23.9. The van der Waals surface area contributed by atoms with Gasteiger partial charge in [0.05, 0.1) is 30.0 Å². The summed E-state index contributed by atoms with van der Waals surface area (Å²) in [5.74, 6) is -2.41. The van der Waals surface area contributed by atoms with Gasteiger partial charge in [-0.1, -0.05) is 64.6 Å². The summed E-state index contributed by atoms with van der Waals surface area (Å²) < 4.78 is 14.4. The van der Waals surface area contributed by atoms with E-state index >= 15 is 0 Å². The molecule has 7 atom stereocenters. The van der Waals surface area contributed by atoms with Crippen LogP contribution in [0.4, 0.5) is 0 Å². The lowest BCUT2D eigenvalue weighted by molar-refractivity contribution is -0.162. The summed E-state index contributed by atoms with van der Waals surface area (Å²) >= 11 is 0. The maximum atomic E-state index is 14.9. The Morgan fingerprint density at radius 2 is 1.84 bits per heavy atom. The fourth-order valence-electron chi connectivity index (χ4n) is 10.9. The number of carbonyl (C=O) groups is 5. The van der Waals surface area contributed by atoms with Crippen LogP contribution in [0, 0.1) is 23.2 Å². The minimum atomic E-state index is -1.22. The predicted molar refractivity (Wildman–Crippen MR) is 257 cm³/mol. The minimum absolute atomic E-state index is 0.00941. The van der Waals surface area contributed by atoms with Crippen LogP contribution in [-0.2, 0) is 52.8 Å². The monoisotopic (exact) mass is 914 g/mol. The third-order valence-corrected chi connectivity index (χ3v) is 14.6. The van der Waals surface area contributed by atoms with Crippen molar-refractivity contribution in [2.24, 2.45) is 23.2 Å². The number of nitrogens with zero attached hydrogens (tertiary/aromatic N) is 5. The molecule has 3 aliphatic heterocycles. The van der Waals surface area contributed by atoms with Crippen LogP contribution < -0.4 is 10.7 Å². The van der Waals surface area contributed by atoms with Crippen molar-refractivity contribution in [1.29, 1.82) is 0 Å². The van der Waals surface area contributed by atoms with Gasteiger partial charge in [-0.2, -0.15) is 0 Å². The summed E-state index contributed by atoms with van der Waals surface area (Å²) in [6.45, 7) is 18.9. The number of cyclic esters (lactones) is 1. The molecule has 1 aliphatic carbocycles. The van der Waals surface area contributed by atoms with E-state index in [1.165, 1.54) is 16.0 Å². The molecule has 14 nitrogen and oxygen atoms in total. The molecule has 3 fully saturated rings. The number of benzene rings is 2. The predicted octanol–water partition coefficient (Wildman–Crippen LogP) is 6.65. The molecule has 2 N–H and O–H groups in total. The summed E-state index contributed by atoms with van der Waals surface area (Å²) in [4.78, 5) is 78.5. The van der Waals surface area contributed by atoms with Gasteiger partial charge in [0.1, 0.15) is 17.6 Å². The summed E-state index contributed by atoms with van der Waals surface area (Å²) in [5.41, 5.74) is 9.31.